The normalized spacial score (nSPS) is 10.9. The Labute approximate surface area is 171 Å². The number of amides is 2. The molecule has 146 valence electrons. The van der Waals surface area contributed by atoms with E-state index in [0.717, 1.165) is 32.5 Å². The highest BCUT2D eigenvalue weighted by Crippen LogP contribution is 2.23. The van der Waals surface area contributed by atoms with Gasteiger partial charge in [-0.1, -0.05) is 42.1 Å². The van der Waals surface area contributed by atoms with Gasteiger partial charge in [0, 0.05) is 5.39 Å². The van der Waals surface area contributed by atoms with Gasteiger partial charge in [0.2, 0.25) is 11.8 Å². The molecule has 0 saturated heterocycles. The van der Waals surface area contributed by atoms with Crippen LogP contribution in [0.3, 0.4) is 0 Å². The molecule has 2 aromatic carbocycles. The van der Waals surface area contributed by atoms with Gasteiger partial charge in [0.1, 0.15) is 5.82 Å². The van der Waals surface area contributed by atoms with Crippen molar-refractivity contribution in [3.05, 3.63) is 66.0 Å². The van der Waals surface area contributed by atoms with Crippen LogP contribution in [0, 0.1) is 6.92 Å². The number of imidazole rings is 1. The molecule has 4 aromatic rings. The smallest absolute Gasteiger partial charge is 0.248 e. The number of fused-ring (bicyclic) bond motifs is 2. The van der Waals surface area contributed by atoms with Crippen LogP contribution < -0.4 is 10.9 Å². The van der Waals surface area contributed by atoms with E-state index in [-0.39, 0.29) is 24.0 Å². The molecule has 0 radical (unpaired) electrons. The summed E-state index contributed by atoms with van der Waals surface area (Å²) in [5.74, 6) is 0.0428. The van der Waals surface area contributed by atoms with Gasteiger partial charge in [-0.15, -0.1) is 0 Å². The molecule has 0 atom stereocenters. The number of hydrogen-bond donors (Lipinski definition) is 3. The summed E-state index contributed by atoms with van der Waals surface area (Å²) in [5, 5.41) is 1.86. The molecule has 0 saturated carbocycles. The minimum atomic E-state index is -0.345. The predicted octanol–water partition coefficient (Wildman–Crippen LogP) is 2.90. The first kappa shape index (κ1) is 18.9. The highest BCUT2D eigenvalue weighted by atomic mass is 32.2. The Bertz CT molecular complexity index is 1170. The van der Waals surface area contributed by atoms with Crippen molar-refractivity contribution in [1.82, 2.24) is 25.8 Å². The molecule has 3 N–H and O–H groups in total. The van der Waals surface area contributed by atoms with Gasteiger partial charge >= 0.3 is 0 Å². The molecule has 4 rings (SSSR count). The third-order valence-electron chi connectivity index (χ3n) is 4.36. The number of para-hydroxylation sites is 3. The molecule has 7 nitrogen and oxygen atoms in total. The summed E-state index contributed by atoms with van der Waals surface area (Å²) in [6, 6.07) is 17.4. The molecule has 0 spiro atoms. The van der Waals surface area contributed by atoms with Crippen molar-refractivity contribution in [3.8, 4) is 0 Å². The monoisotopic (exact) mass is 405 g/mol. The van der Waals surface area contributed by atoms with Gasteiger partial charge in [-0.3, -0.25) is 20.4 Å². The Kier molecular flexibility index (Phi) is 5.44. The molecule has 0 aliphatic heterocycles. The fourth-order valence-corrected chi connectivity index (χ4v) is 3.77. The second-order valence-corrected chi connectivity index (χ2v) is 7.55. The lowest BCUT2D eigenvalue weighted by Crippen LogP contribution is -2.43. The van der Waals surface area contributed by atoms with Gasteiger partial charge in [0.05, 0.1) is 33.7 Å². The summed E-state index contributed by atoms with van der Waals surface area (Å²) in [5.41, 5.74) is 8.53. The van der Waals surface area contributed by atoms with E-state index in [1.165, 1.54) is 11.8 Å². The molecule has 0 unspecified atom stereocenters. The van der Waals surface area contributed by atoms with Gasteiger partial charge in [0.15, 0.2) is 0 Å². The zero-order valence-electron chi connectivity index (χ0n) is 15.7. The summed E-state index contributed by atoms with van der Waals surface area (Å²) < 4.78 is 0. The number of H-pyrrole nitrogens is 1. The number of nitrogens with zero attached hydrogens (tertiary/aromatic N) is 2. The number of aromatic nitrogens is 3. The van der Waals surface area contributed by atoms with E-state index in [1.54, 1.807) is 0 Å². The third-order valence-corrected chi connectivity index (χ3v) is 5.27. The first-order valence-corrected chi connectivity index (χ1v) is 10.1. The number of carbonyl (C=O) groups is 2. The van der Waals surface area contributed by atoms with Crippen LogP contribution in [0.5, 0.6) is 0 Å². The maximum atomic E-state index is 12.1. The molecule has 0 fully saturated rings. The van der Waals surface area contributed by atoms with Gasteiger partial charge in [-0.2, -0.15) is 0 Å². The van der Waals surface area contributed by atoms with E-state index < -0.39 is 0 Å². The molecule has 2 amide bonds. The average molecular weight is 405 g/mol. The average Bonchev–Trinajstić information content (AvgIpc) is 3.13. The molecule has 2 aromatic heterocycles. The summed E-state index contributed by atoms with van der Waals surface area (Å²) >= 11 is 1.32. The van der Waals surface area contributed by atoms with Gasteiger partial charge in [-0.05, 0) is 36.8 Å². The number of hydrogen-bond acceptors (Lipinski definition) is 5. The third kappa shape index (κ3) is 4.55. The van der Waals surface area contributed by atoms with Crippen LogP contribution >= 0.6 is 11.8 Å². The quantitative estimate of drug-likeness (QED) is 0.350. The standard InChI is InChI=1S/C21H19N5O2S/c1-13-10-21(24-15-7-3-2-6-14(13)15)29-12-20(28)26-25-19(27)11-18-22-16-8-4-5-9-17(16)23-18/h2-10H,11-12H2,1H3,(H,22,23)(H,25,27)(H,26,28). The van der Waals surface area contributed by atoms with Gasteiger partial charge < -0.3 is 4.98 Å². The van der Waals surface area contributed by atoms with Crippen molar-refractivity contribution in [3.63, 3.8) is 0 Å². The zero-order valence-corrected chi connectivity index (χ0v) is 16.5. The van der Waals surface area contributed by atoms with E-state index in [2.05, 4.69) is 25.8 Å². The Hall–Kier alpha value is -3.39. The number of thioether (sulfide) groups is 1. The van der Waals surface area contributed by atoms with Crippen molar-refractivity contribution < 1.29 is 9.59 Å². The maximum absolute atomic E-state index is 12.1. The SMILES string of the molecule is Cc1cc(SCC(=O)NNC(=O)Cc2nc3ccccc3[nH]2)nc2ccccc12. The second-order valence-electron chi connectivity index (χ2n) is 6.56. The van der Waals surface area contributed by atoms with Crippen LogP contribution in [0.1, 0.15) is 11.4 Å². The number of aryl methyl sites for hydroxylation is 1. The highest BCUT2D eigenvalue weighted by molar-refractivity contribution is 7.99. The van der Waals surface area contributed by atoms with Crippen molar-refractivity contribution in [1.29, 1.82) is 0 Å². The van der Waals surface area contributed by atoms with Crippen LogP contribution in [0.4, 0.5) is 0 Å². The molecular formula is C21H19N5O2S. The van der Waals surface area contributed by atoms with E-state index >= 15 is 0 Å². The molecule has 29 heavy (non-hydrogen) atoms. The van der Waals surface area contributed by atoms with Crippen LogP contribution in [-0.2, 0) is 16.0 Å². The lowest BCUT2D eigenvalue weighted by molar-refractivity contribution is -0.127. The molecule has 0 bridgehead atoms. The Morgan fingerprint density at radius 1 is 0.966 bits per heavy atom. The topological polar surface area (TPSA) is 99.8 Å². The Morgan fingerprint density at radius 3 is 2.52 bits per heavy atom. The number of carbonyl (C=O) groups excluding carboxylic acids is 2. The minimum absolute atomic E-state index is 0.0491. The molecule has 0 aliphatic carbocycles. The molecule has 2 heterocycles. The Balaban J connectivity index is 1.28. The first-order valence-electron chi connectivity index (χ1n) is 9.09. The van der Waals surface area contributed by atoms with Crippen LogP contribution in [0.25, 0.3) is 21.9 Å². The van der Waals surface area contributed by atoms with Crippen molar-refractivity contribution >= 4 is 45.5 Å². The predicted molar refractivity (Wildman–Crippen MR) is 113 cm³/mol. The number of nitrogens with one attached hydrogen (secondary N) is 3. The minimum Gasteiger partial charge on any atom is -0.342 e. The van der Waals surface area contributed by atoms with Crippen LogP contribution in [0.2, 0.25) is 0 Å². The lowest BCUT2D eigenvalue weighted by Gasteiger charge is -2.08. The fourth-order valence-electron chi connectivity index (χ4n) is 2.99. The first-order chi connectivity index (χ1) is 14.1. The number of benzene rings is 2. The van der Waals surface area contributed by atoms with E-state index in [0.29, 0.717) is 5.82 Å². The van der Waals surface area contributed by atoms with E-state index in [4.69, 9.17) is 0 Å². The Morgan fingerprint density at radius 2 is 1.69 bits per heavy atom. The highest BCUT2D eigenvalue weighted by Gasteiger charge is 2.10. The van der Waals surface area contributed by atoms with Crippen LogP contribution in [-0.4, -0.2) is 32.5 Å². The summed E-state index contributed by atoms with van der Waals surface area (Å²) in [4.78, 5) is 36.1. The lowest BCUT2D eigenvalue weighted by atomic mass is 10.1. The van der Waals surface area contributed by atoms with E-state index in [1.807, 2.05) is 61.5 Å². The number of hydrazine groups is 1. The van der Waals surface area contributed by atoms with Gasteiger partial charge in [-0.25, -0.2) is 9.97 Å². The van der Waals surface area contributed by atoms with Gasteiger partial charge in [0.25, 0.3) is 0 Å². The largest absolute Gasteiger partial charge is 0.342 e. The summed E-state index contributed by atoms with van der Waals surface area (Å²) in [7, 11) is 0. The fraction of sp³-hybridized carbons (Fsp3) is 0.143. The summed E-state index contributed by atoms with van der Waals surface area (Å²) in [6.07, 6.45) is 0.0491. The van der Waals surface area contributed by atoms with Crippen molar-refractivity contribution in [2.24, 2.45) is 0 Å². The van der Waals surface area contributed by atoms with Crippen LogP contribution in [0.15, 0.2) is 59.6 Å². The number of aromatic amines is 1. The second kappa shape index (κ2) is 8.32. The molecule has 8 heteroatoms. The zero-order chi connectivity index (χ0) is 20.2. The van der Waals surface area contributed by atoms with Crippen molar-refractivity contribution in [2.75, 3.05) is 5.75 Å². The number of pyridine rings is 1. The molecular weight excluding hydrogens is 386 g/mol. The summed E-state index contributed by atoms with van der Waals surface area (Å²) in [6.45, 7) is 2.02. The van der Waals surface area contributed by atoms with Crippen molar-refractivity contribution in [2.45, 2.75) is 18.4 Å². The van der Waals surface area contributed by atoms with E-state index in [9.17, 15) is 9.59 Å². The molecule has 0 aliphatic rings. The number of rotatable bonds is 5. The maximum Gasteiger partial charge on any atom is 0.248 e.